The molecule has 1 aromatic rings. The molecule has 0 radical (unpaired) electrons. The van der Waals surface area contributed by atoms with E-state index in [4.69, 9.17) is 4.74 Å². The van der Waals surface area contributed by atoms with E-state index < -0.39 is 22.0 Å². The number of carbonyl (C=O) groups excluding carboxylic acids is 1. The molecule has 1 aromatic carbocycles. The number of anilines is 1. The Morgan fingerprint density at radius 1 is 1.33 bits per heavy atom. The molecule has 0 bridgehead atoms. The second-order valence-electron chi connectivity index (χ2n) is 3.75. The van der Waals surface area contributed by atoms with Gasteiger partial charge in [0.2, 0.25) is 10.0 Å². The fourth-order valence-electron chi connectivity index (χ4n) is 1.53. The van der Waals surface area contributed by atoms with Crippen LogP contribution in [0.3, 0.4) is 0 Å². The third-order valence-corrected chi connectivity index (χ3v) is 3.62. The average Bonchev–Trinajstić information content (AvgIpc) is 2.28. The lowest BCUT2D eigenvalue weighted by molar-refractivity contribution is -0.306. The maximum Gasteiger partial charge on any atom is 0.232 e. The standard InChI is InChI=1S/C11H15NO5S/c1-8(11(13)14)12(18(3,15)16)9-4-6-10(17-2)7-5-9/h4-8H,1-3H3,(H,13,14)/p-1. The average molecular weight is 272 g/mol. The highest BCUT2D eigenvalue weighted by molar-refractivity contribution is 7.92. The number of aliphatic carboxylic acids is 1. The number of carboxylic acids is 1. The number of carbonyl (C=O) groups is 1. The van der Waals surface area contributed by atoms with E-state index in [1.807, 2.05) is 0 Å². The topological polar surface area (TPSA) is 86.7 Å². The summed E-state index contributed by atoms with van der Waals surface area (Å²) in [5.74, 6) is -0.912. The first-order valence-corrected chi connectivity index (χ1v) is 6.96. The summed E-state index contributed by atoms with van der Waals surface area (Å²) in [6.07, 6.45) is 0.941. The zero-order valence-electron chi connectivity index (χ0n) is 10.3. The molecule has 0 spiro atoms. The van der Waals surface area contributed by atoms with Crippen molar-refractivity contribution < 1.29 is 23.1 Å². The maximum absolute atomic E-state index is 11.6. The number of methoxy groups -OCH3 is 1. The van der Waals surface area contributed by atoms with Gasteiger partial charge in [-0.2, -0.15) is 0 Å². The summed E-state index contributed by atoms with van der Waals surface area (Å²) in [5.41, 5.74) is 0.245. The Hall–Kier alpha value is -1.76. The van der Waals surface area contributed by atoms with Gasteiger partial charge in [-0.3, -0.25) is 4.31 Å². The molecule has 7 heteroatoms. The van der Waals surface area contributed by atoms with Crippen molar-refractivity contribution in [3.8, 4) is 5.75 Å². The molecule has 1 atom stereocenters. The van der Waals surface area contributed by atoms with Crippen LogP contribution >= 0.6 is 0 Å². The summed E-state index contributed by atoms with van der Waals surface area (Å²) in [4.78, 5) is 10.8. The number of sulfonamides is 1. The van der Waals surface area contributed by atoms with Gasteiger partial charge in [-0.1, -0.05) is 0 Å². The van der Waals surface area contributed by atoms with Crippen molar-refractivity contribution in [2.45, 2.75) is 13.0 Å². The van der Waals surface area contributed by atoms with Gasteiger partial charge in [0.25, 0.3) is 0 Å². The number of carboxylic acid groups (broad SMARTS) is 1. The van der Waals surface area contributed by atoms with Gasteiger partial charge in [-0.15, -0.1) is 0 Å². The molecule has 0 saturated heterocycles. The lowest BCUT2D eigenvalue weighted by Crippen LogP contribution is -2.48. The van der Waals surface area contributed by atoms with E-state index in [9.17, 15) is 18.3 Å². The first-order valence-electron chi connectivity index (χ1n) is 5.11. The van der Waals surface area contributed by atoms with E-state index in [1.165, 1.54) is 26.2 Å². The Balaban J connectivity index is 3.22. The van der Waals surface area contributed by atoms with Gasteiger partial charge in [0, 0.05) is 0 Å². The third kappa shape index (κ3) is 3.13. The molecule has 100 valence electrons. The highest BCUT2D eigenvalue weighted by Crippen LogP contribution is 2.23. The summed E-state index contributed by atoms with van der Waals surface area (Å²) in [6.45, 7) is 1.25. The fourth-order valence-corrected chi connectivity index (χ4v) is 2.69. The molecule has 0 amide bonds. The van der Waals surface area contributed by atoms with Crippen LogP contribution in [0.5, 0.6) is 5.75 Å². The van der Waals surface area contributed by atoms with Gasteiger partial charge < -0.3 is 14.6 Å². The molecule has 0 saturated carbocycles. The molecule has 1 rings (SSSR count). The predicted molar refractivity (Wildman–Crippen MR) is 64.8 cm³/mol. The molecule has 0 aliphatic rings. The summed E-state index contributed by atoms with van der Waals surface area (Å²) in [7, 11) is -2.23. The molecule has 0 aliphatic carbocycles. The lowest BCUT2D eigenvalue weighted by atomic mass is 10.2. The van der Waals surface area contributed by atoms with Crippen molar-refractivity contribution in [1.82, 2.24) is 0 Å². The summed E-state index contributed by atoms with van der Waals surface area (Å²) in [6, 6.07) is 4.76. The lowest BCUT2D eigenvalue weighted by Gasteiger charge is -2.29. The molecule has 0 aliphatic heterocycles. The van der Waals surface area contributed by atoms with Crippen LogP contribution < -0.4 is 14.1 Å². The Bertz CT molecular complexity index is 523. The Morgan fingerprint density at radius 3 is 2.17 bits per heavy atom. The zero-order valence-corrected chi connectivity index (χ0v) is 11.1. The van der Waals surface area contributed by atoms with Crippen molar-refractivity contribution in [3.05, 3.63) is 24.3 Å². The van der Waals surface area contributed by atoms with Crippen molar-refractivity contribution >= 4 is 21.7 Å². The van der Waals surface area contributed by atoms with E-state index in [0.29, 0.717) is 5.75 Å². The molecule has 0 heterocycles. The van der Waals surface area contributed by atoms with Crippen molar-refractivity contribution in [2.75, 3.05) is 17.7 Å². The van der Waals surface area contributed by atoms with Crippen molar-refractivity contribution in [2.24, 2.45) is 0 Å². The van der Waals surface area contributed by atoms with E-state index in [2.05, 4.69) is 0 Å². The largest absolute Gasteiger partial charge is 0.548 e. The van der Waals surface area contributed by atoms with Crippen LogP contribution in [-0.2, 0) is 14.8 Å². The number of ether oxygens (including phenoxy) is 1. The quantitative estimate of drug-likeness (QED) is 0.728. The van der Waals surface area contributed by atoms with Crippen LogP contribution in [0.15, 0.2) is 24.3 Å². The second kappa shape index (κ2) is 5.26. The van der Waals surface area contributed by atoms with Crippen molar-refractivity contribution in [3.63, 3.8) is 0 Å². The predicted octanol–water partition coefficient (Wildman–Crippen LogP) is -0.400. The fraction of sp³-hybridized carbons (Fsp3) is 0.364. The van der Waals surface area contributed by atoms with Crippen molar-refractivity contribution in [1.29, 1.82) is 0 Å². The number of hydrogen-bond acceptors (Lipinski definition) is 5. The minimum Gasteiger partial charge on any atom is -0.548 e. The molecule has 18 heavy (non-hydrogen) atoms. The van der Waals surface area contributed by atoms with Gasteiger partial charge in [0.1, 0.15) is 5.75 Å². The first kappa shape index (κ1) is 14.3. The highest BCUT2D eigenvalue weighted by atomic mass is 32.2. The number of benzene rings is 1. The van der Waals surface area contributed by atoms with Crippen LogP contribution in [0, 0.1) is 0 Å². The molecule has 0 N–H and O–H groups in total. The minimum absolute atomic E-state index is 0.245. The van der Waals surface area contributed by atoms with E-state index in [1.54, 1.807) is 12.1 Å². The van der Waals surface area contributed by atoms with Gasteiger partial charge in [-0.05, 0) is 31.2 Å². The van der Waals surface area contributed by atoms with Gasteiger partial charge in [-0.25, -0.2) is 8.42 Å². The second-order valence-corrected chi connectivity index (χ2v) is 5.61. The van der Waals surface area contributed by atoms with E-state index in [0.717, 1.165) is 10.6 Å². The zero-order chi connectivity index (χ0) is 13.9. The molecular formula is C11H14NO5S-. The number of hydrogen-bond donors (Lipinski definition) is 0. The molecule has 0 aromatic heterocycles. The smallest absolute Gasteiger partial charge is 0.232 e. The van der Waals surface area contributed by atoms with Crippen LogP contribution in [0.4, 0.5) is 5.69 Å². The van der Waals surface area contributed by atoms with Crippen LogP contribution in [0.1, 0.15) is 6.92 Å². The van der Waals surface area contributed by atoms with Crippen LogP contribution in [0.25, 0.3) is 0 Å². The molecular weight excluding hydrogens is 258 g/mol. The van der Waals surface area contributed by atoms with Gasteiger partial charge >= 0.3 is 0 Å². The normalized spacial score (nSPS) is 12.8. The third-order valence-electron chi connectivity index (χ3n) is 2.38. The number of nitrogens with zero attached hydrogens (tertiary/aromatic N) is 1. The molecule has 6 nitrogen and oxygen atoms in total. The Morgan fingerprint density at radius 2 is 1.83 bits per heavy atom. The first-order chi connectivity index (χ1) is 8.27. The highest BCUT2D eigenvalue weighted by Gasteiger charge is 2.24. The molecule has 1 unspecified atom stereocenters. The minimum atomic E-state index is -3.71. The van der Waals surface area contributed by atoms with Crippen LogP contribution in [-0.4, -0.2) is 33.8 Å². The summed E-state index contributed by atoms with van der Waals surface area (Å²) >= 11 is 0. The van der Waals surface area contributed by atoms with Crippen LogP contribution in [0.2, 0.25) is 0 Å². The van der Waals surface area contributed by atoms with E-state index >= 15 is 0 Å². The number of rotatable bonds is 5. The Labute approximate surface area is 106 Å². The van der Waals surface area contributed by atoms with Gasteiger partial charge in [0.15, 0.2) is 0 Å². The maximum atomic E-state index is 11.6. The SMILES string of the molecule is COc1ccc(N(C(C)C(=O)[O-])S(C)(=O)=O)cc1. The summed E-state index contributed by atoms with van der Waals surface area (Å²) in [5, 5.41) is 10.8. The molecule has 0 fully saturated rings. The monoisotopic (exact) mass is 272 g/mol. The summed E-state index contributed by atoms with van der Waals surface area (Å²) < 4.78 is 29.0. The van der Waals surface area contributed by atoms with E-state index in [-0.39, 0.29) is 5.69 Å². The van der Waals surface area contributed by atoms with Gasteiger partial charge in [0.05, 0.1) is 31.1 Å². The Kier molecular flexibility index (Phi) is 4.18.